The van der Waals surface area contributed by atoms with Gasteiger partial charge in [0.25, 0.3) is 11.5 Å². The zero-order valence-electron chi connectivity index (χ0n) is 17.1. The summed E-state index contributed by atoms with van der Waals surface area (Å²) in [5.74, 6) is 0.358. The maximum atomic E-state index is 13.3. The van der Waals surface area contributed by atoms with E-state index < -0.39 is 0 Å². The fraction of sp³-hybridized carbons (Fsp3) is 0.348. The van der Waals surface area contributed by atoms with Crippen LogP contribution in [0.25, 0.3) is 10.9 Å². The van der Waals surface area contributed by atoms with E-state index in [-0.39, 0.29) is 17.5 Å². The number of H-pyrrole nitrogens is 1. The number of fused-ring (bicyclic) bond motifs is 1. The Morgan fingerprint density at radius 2 is 1.80 bits per heavy atom. The summed E-state index contributed by atoms with van der Waals surface area (Å²) < 4.78 is 0. The largest absolute Gasteiger partial charge is 0.330 e. The molecular weight excluding hydrogens is 400 g/mol. The van der Waals surface area contributed by atoms with E-state index in [0.29, 0.717) is 40.4 Å². The minimum atomic E-state index is -0.389. The number of carbonyl (C=O) groups is 1. The molecule has 0 saturated carbocycles. The molecule has 158 valence electrons. The average molecular weight is 427 g/mol. The molecule has 1 heterocycles. The quantitative estimate of drug-likeness (QED) is 0.499. The number of carbonyl (C=O) groups excluding carboxylic acids is 1. The third-order valence-corrected chi connectivity index (χ3v) is 5.45. The normalized spacial score (nSPS) is 12.1. The Bertz CT molecular complexity index is 1050. The molecule has 0 bridgehead atoms. The molecule has 0 fully saturated rings. The molecule has 1 atom stereocenters. The Morgan fingerprint density at radius 3 is 2.53 bits per heavy atom. The molecule has 0 spiro atoms. The van der Waals surface area contributed by atoms with Gasteiger partial charge in [-0.3, -0.25) is 9.59 Å². The number of aromatic nitrogens is 2. The standard InChI is InChI=1S/C23H27ClN4O2/c1-16(21-26-20-9-5-4-8-19(20)22(29)27-21)28(15-7-3-2-6-14-25)23(30)17-10-12-18(24)13-11-17/h4-5,8-13,16H,2-3,6-7,14-15,25H2,1H3,(H,26,27,29). The van der Waals surface area contributed by atoms with Crippen LogP contribution in [0, 0.1) is 0 Å². The van der Waals surface area contributed by atoms with Crippen LogP contribution in [0.1, 0.15) is 54.8 Å². The van der Waals surface area contributed by atoms with Crippen molar-refractivity contribution in [1.29, 1.82) is 0 Å². The third kappa shape index (κ3) is 5.26. The summed E-state index contributed by atoms with van der Waals surface area (Å²) >= 11 is 5.97. The van der Waals surface area contributed by atoms with Gasteiger partial charge in [-0.25, -0.2) is 4.98 Å². The first-order valence-electron chi connectivity index (χ1n) is 10.3. The lowest BCUT2D eigenvalue weighted by Gasteiger charge is -2.29. The zero-order chi connectivity index (χ0) is 21.5. The number of amides is 1. The zero-order valence-corrected chi connectivity index (χ0v) is 17.9. The van der Waals surface area contributed by atoms with Gasteiger partial charge in [0.05, 0.1) is 16.9 Å². The second-order valence-corrected chi connectivity index (χ2v) is 7.79. The van der Waals surface area contributed by atoms with Crippen molar-refractivity contribution in [3.8, 4) is 0 Å². The Balaban J connectivity index is 1.88. The molecule has 0 radical (unpaired) electrons. The van der Waals surface area contributed by atoms with Crippen molar-refractivity contribution in [2.45, 2.75) is 38.6 Å². The highest BCUT2D eigenvalue weighted by Crippen LogP contribution is 2.22. The van der Waals surface area contributed by atoms with Crippen molar-refractivity contribution in [2.75, 3.05) is 13.1 Å². The number of rotatable bonds is 9. The number of hydrogen-bond donors (Lipinski definition) is 2. The van der Waals surface area contributed by atoms with E-state index in [9.17, 15) is 9.59 Å². The monoisotopic (exact) mass is 426 g/mol. The number of unbranched alkanes of at least 4 members (excludes halogenated alkanes) is 3. The molecule has 0 aliphatic rings. The summed E-state index contributed by atoms with van der Waals surface area (Å²) in [5, 5.41) is 1.11. The summed E-state index contributed by atoms with van der Waals surface area (Å²) in [6, 6.07) is 13.6. The van der Waals surface area contributed by atoms with E-state index in [4.69, 9.17) is 17.3 Å². The van der Waals surface area contributed by atoms with E-state index in [2.05, 4.69) is 9.97 Å². The number of nitrogens with one attached hydrogen (secondary N) is 1. The van der Waals surface area contributed by atoms with Gasteiger partial charge in [-0.05, 0) is 62.7 Å². The number of nitrogens with two attached hydrogens (primary N) is 1. The Labute approximate surface area is 181 Å². The van der Waals surface area contributed by atoms with E-state index in [0.717, 1.165) is 25.7 Å². The summed E-state index contributed by atoms with van der Waals surface area (Å²) in [5.41, 5.74) is 6.54. The van der Waals surface area contributed by atoms with Crippen LogP contribution in [-0.4, -0.2) is 33.9 Å². The van der Waals surface area contributed by atoms with E-state index in [1.807, 2.05) is 13.0 Å². The number of para-hydroxylation sites is 1. The van der Waals surface area contributed by atoms with Crippen molar-refractivity contribution in [1.82, 2.24) is 14.9 Å². The number of benzene rings is 2. The van der Waals surface area contributed by atoms with Gasteiger partial charge in [0.2, 0.25) is 0 Å². The third-order valence-electron chi connectivity index (χ3n) is 5.20. The molecule has 0 aliphatic heterocycles. The molecule has 30 heavy (non-hydrogen) atoms. The summed E-state index contributed by atoms with van der Waals surface area (Å²) in [4.78, 5) is 35.0. The fourth-order valence-corrected chi connectivity index (χ4v) is 3.59. The van der Waals surface area contributed by atoms with Crippen LogP contribution in [0.5, 0.6) is 0 Å². The Morgan fingerprint density at radius 1 is 1.10 bits per heavy atom. The summed E-state index contributed by atoms with van der Waals surface area (Å²) in [7, 11) is 0. The van der Waals surface area contributed by atoms with Crippen LogP contribution < -0.4 is 11.3 Å². The number of hydrogen-bond acceptors (Lipinski definition) is 4. The first-order chi connectivity index (χ1) is 14.5. The van der Waals surface area contributed by atoms with Crippen LogP contribution in [0.3, 0.4) is 0 Å². The van der Waals surface area contributed by atoms with Crippen LogP contribution >= 0.6 is 11.6 Å². The highest BCUT2D eigenvalue weighted by atomic mass is 35.5. The predicted octanol–water partition coefficient (Wildman–Crippen LogP) is 4.30. The number of aromatic amines is 1. The molecule has 7 heteroatoms. The molecule has 1 unspecified atom stereocenters. The highest BCUT2D eigenvalue weighted by Gasteiger charge is 2.24. The van der Waals surface area contributed by atoms with Gasteiger partial charge in [0, 0.05) is 17.1 Å². The van der Waals surface area contributed by atoms with Gasteiger partial charge in [0.15, 0.2) is 0 Å². The van der Waals surface area contributed by atoms with Crippen LogP contribution in [0.15, 0.2) is 53.3 Å². The van der Waals surface area contributed by atoms with E-state index in [1.165, 1.54) is 0 Å². The SMILES string of the molecule is CC(c1nc2ccccc2c(=O)[nH]1)N(CCCCCCN)C(=O)c1ccc(Cl)cc1. The van der Waals surface area contributed by atoms with E-state index in [1.54, 1.807) is 47.4 Å². The van der Waals surface area contributed by atoms with E-state index >= 15 is 0 Å². The van der Waals surface area contributed by atoms with Gasteiger partial charge in [-0.2, -0.15) is 0 Å². The Kier molecular flexibility index (Phi) is 7.60. The molecule has 3 N–H and O–H groups in total. The minimum Gasteiger partial charge on any atom is -0.330 e. The van der Waals surface area contributed by atoms with Crippen LogP contribution in [0.4, 0.5) is 0 Å². The average Bonchev–Trinajstić information content (AvgIpc) is 2.76. The number of nitrogens with zero attached hydrogens (tertiary/aromatic N) is 2. The first-order valence-corrected chi connectivity index (χ1v) is 10.6. The van der Waals surface area contributed by atoms with Crippen molar-refractivity contribution in [3.63, 3.8) is 0 Å². The molecule has 3 rings (SSSR count). The van der Waals surface area contributed by atoms with Gasteiger partial charge in [-0.1, -0.05) is 36.6 Å². The maximum Gasteiger partial charge on any atom is 0.258 e. The molecule has 3 aromatic rings. The van der Waals surface area contributed by atoms with Gasteiger partial charge in [0.1, 0.15) is 5.82 Å². The molecule has 0 aliphatic carbocycles. The first kappa shape index (κ1) is 22.0. The molecule has 1 aromatic heterocycles. The summed E-state index contributed by atoms with van der Waals surface area (Å²) in [6.07, 6.45) is 3.83. The lowest BCUT2D eigenvalue weighted by atomic mass is 10.1. The van der Waals surface area contributed by atoms with Gasteiger partial charge < -0.3 is 15.6 Å². The lowest BCUT2D eigenvalue weighted by Crippen LogP contribution is -2.36. The molecular formula is C23H27ClN4O2. The van der Waals surface area contributed by atoms with Crippen molar-refractivity contribution >= 4 is 28.4 Å². The van der Waals surface area contributed by atoms with Gasteiger partial charge in [-0.15, -0.1) is 0 Å². The van der Waals surface area contributed by atoms with Crippen molar-refractivity contribution in [2.24, 2.45) is 5.73 Å². The molecule has 2 aromatic carbocycles. The summed E-state index contributed by atoms with van der Waals surface area (Å²) in [6.45, 7) is 3.12. The van der Waals surface area contributed by atoms with Gasteiger partial charge >= 0.3 is 0 Å². The second kappa shape index (κ2) is 10.4. The van der Waals surface area contributed by atoms with Crippen molar-refractivity contribution < 1.29 is 4.79 Å². The molecule has 1 amide bonds. The lowest BCUT2D eigenvalue weighted by molar-refractivity contribution is 0.0679. The molecule has 0 saturated heterocycles. The smallest absolute Gasteiger partial charge is 0.258 e. The predicted molar refractivity (Wildman–Crippen MR) is 121 cm³/mol. The van der Waals surface area contributed by atoms with Crippen LogP contribution in [-0.2, 0) is 0 Å². The molecule has 6 nitrogen and oxygen atoms in total. The Hall–Kier alpha value is -2.70. The maximum absolute atomic E-state index is 13.3. The second-order valence-electron chi connectivity index (χ2n) is 7.35. The topological polar surface area (TPSA) is 92.1 Å². The highest BCUT2D eigenvalue weighted by molar-refractivity contribution is 6.30. The van der Waals surface area contributed by atoms with Crippen LogP contribution in [0.2, 0.25) is 5.02 Å². The number of halogens is 1. The minimum absolute atomic E-state index is 0.117. The fourth-order valence-electron chi connectivity index (χ4n) is 3.46. The van der Waals surface area contributed by atoms with Crippen molar-refractivity contribution in [3.05, 3.63) is 75.3 Å².